The van der Waals surface area contributed by atoms with Crippen LogP contribution in [0.25, 0.3) is 17.0 Å². The minimum Gasteiger partial charge on any atom is -0.478 e. The van der Waals surface area contributed by atoms with E-state index in [-0.39, 0.29) is 5.03 Å². The van der Waals surface area contributed by atoms with E-state index >= 15 is 0 Å². The number of aliphatic carboxylic acids is 1. The first-order valence-corrected chi connectivity index (χ1v) is 8.39. The number of hydrogen-bond acceptors (Lipinski definition) is 3. The average molecular weight is 396 g/mol. The van der Waals surface area contributed by atoms with Gasteiger partial charge in [0.05, 0.1) is 10.6 Å². The number of halogens is 4. The molecular formula is C18H12F4N2O2S. The van der Waals surface area contributed by atoms with E-state index in [2.05, 4.69) is 4.98 Å². The van der Waals surface area contributed by atoms with E-state index in [0.29, 0.717) is 22.9 Å². The van der Waals surface area contributed by atoms with Gasteiger partial charge in [0.2, 0.25) is 0 Å². The van der Waals surface area contributed by atoms with Crippen LogP contribution in [0.15, 0.2) is 52.7 Å². The largest absolute Gasteiger partial charge is 0.478 e. The first-order valence-electron chi connectivity index (χ1n) is 7.57. The van der Waals surface area contributed by atoms with Crippen LogP contribution in [0, 0.1) is 5.82 Å². The fraction of sp³-hybridized carbons (Fsp3) is 0.111. The maximum Gasteiger partial charge on any atom is 0.417 e. The molecule has 0 saturated heterocycles. The van der Waals surface area contributed by atoms with Crippen molar-refractivity contribution in [2.75, 3.05) is 0 Å². The molecule has 1 N–H and O–H groups in total. The number of carboxylic acid groups (broad SMARTS) is 1. The summed E-state index contributed by atoms with van der Waals surface area (Å²) in [5.74, 6) is -2.26. The van der Waals surface area contributed by atoms with Crippen LogP contribution in [0.2, 0.25) is 0 Å². The van der Waals surface area contributed by atoms with Crippen LogP contribution in [0.4, 0.5) is 17.6 Å². The maximum absolute atomic E-state index is 14.2. The Kier molecular flexibility index (Phi) is 4.97. The predicted molar refractivity (Wildman–Crippen MR) is 92.9 cm³/mol. The number of fused-ring (bicyclic) bond motifs is 1. The van der Waals surface area contributed by atoms with E-state index in [1.807, 2.05) is 0 Å². The second-order valence-corrected chi connectivity index (χ2v) is 6.55. The van der Waals surface area contributed by atoms with Crippen molar-refractivity contribution in [1.82, 2.24) is 9.55 Å². The zero-order valence-corrected chi connectivity index (χ0v) is 14.6. The number of pyridine rings is 1. The number of alkyl halides is 3. The number of aryl methyl sites for hydroxylation is 1. The second-order valence-electron chi connectivity index (χ2n) is 5.58. The van der Waals surface area contributed by atoms with Crippen LogP contribution in [-0.4, -0.2) is 20.6 Å². The lowest BCUT2D eigenvalue weighted by atomic mass is 10.1. The first kappa shape index (κ1) is 19.0. The second kappa shape index (κ2) is 7.07. The number of para-hydroxylation sites is 1. The highest BCUT2D eigenvalue weighted by atomic mass is 32.2. The lowest BCUT2D eigenvalue weighted by molar-refractivity contribution is -0.138. The van der Waals surface area contributed by atoms with E-state index in [9.17, 15) is 22.4 Å². The Morgan fingerprint density at radius 3 is 2.63 bits per heavy atom. The molecule has 2 heterocycles. The third kappa shape index (κ3) is 3.82. The van der Waals surface area contributed by atoms with Crippen LogP contribution in [-0.2, 0) is 18.0 Å². The minimum atomic E-state index is -4.69. The van der Waals surface area contributed by atoms with E-state index < -0.39 is 23.5 Å². The Bertz CT molecular complexity index is 1060. The van der Waals surface area contributed by atoms with Gasteiger partial charge in [0.25, 0.3) is 0 Å². The predicted octanol–water partition coefficient (Wildman–Crippen LogP) is 4.98. The zero-order chi connectivity index (χ0) is 19.8. The van der Waals surface area contributed by atoms with Crippen molar-refractivity contribution in [1.29, 1.82) is 0 Å². The molecule has 3 rings (SSSR count). The molecule has 0 aliphatic heterocycles. The molecule has 0 spiro atoms. The molecule has 27 heavy (non-hydrogen) atoms. The summed E-state index contributed by atoms with van der Waals surface area (Å²) in [4.78, 5) is 14.5. The summed E-state index contributed by atoms with van der Waals surface area (Å²) in [6, 6.07) is 7.53. The summed E-state index contributed by atoms with van der Waals surface area (Å²) < 4.78 is 54.0. The SMILES string of the molecule is Cn1c(Sc2ncc(C(F)(F)F)cc2F)c(/C=C/C(=O)O)c2ccccc21. The van der Waals surface area contributed by atoms with Crippen molar-refractivity contribution in [3.63, 3.8) is 0 Å². The molecule has 1 aromatic carbocycles. The third-order valence-electron chi connectivity index (χ3n) is 3.81. The van der Waals surface area contributed by atoms with Gasteiger partial charge in [0.15, 0.2) is 5.82 Å². The molecule has 0 atom stereocenters. The zero-order valence-electron chi connectivity index (χ0n) is 13.8. The fourth-order valence-electron chi connectivity index (χ4n) is 2.59. The summed E-state index contributed by atoms with van der Waals surface area (Å²) in [7, 11) is 1.70. The number of nitrogens with zero attached hydrogens (tertiary/aromatic N) is 2. The minimum absolute atomic E-state index is 0.237. The molecule has 2 aromatic heterocycles. The van der Waals surface area contributed by atoms with Gasteiger partial charge in [-0.1, -0.05) is 18.2 Å². The molecular weight excluding hydrogens is 384 g/mol. The van der Waals surface area contributed by atoms with E-state index in [0.717, 1.165) is 28.7 Å². The highest BCUT2D eigenvalue weighted by molar-refractivity contribution is 7.99. The van der Waals surface area contributed by atoms with Crippen LogP contribution in [0.5, 0.6) is 0 Å². The maximum atomic E-state index is 14.2. The monoisotopic (exact) mass is 396 g/mol. The molecule has 0 fully saturated rings. The van der Waals surface area contributed by atoms with E-state index in [4.69, 9.17) is 5.11 Å². The summed E-state index contributed by atoms with van der Waals surface area (Å²) in [6.45, 7) is 0. The number of rotatable bonds is 4. The Morgan fingerprint density at radius 1 is 1.30 bits per heavy atom. The quantitative estimate of drug-likeness (QED) is 0.499. The molecule has 140 valence electrons. The number of benzene rings is 1. The standard InChI is InChI=1S/C18H12F4N2O2S/c1-24-14-5-3-2-4-11(14)12(6-7-15(25)26)17(24)27-16-13(19)8-10(9-23-16)18(20,21)22/h2-9H,1H3,(H,25,26)/b7-6+. The lowest BCUT2D eigenvalue weighted by Gasteiger charge is -2.09. The molecule has 9 heteroatoms. The smallest absolute Gasteiger partial charge is 0.417 e. The van der Waals surface area contributed by atoms with Crippen molar-refractivity contribution in [3.8, 4) is 0 Å². The summed E-state index contributed by atoms with van der Waals surface area (Å²) >= 11 is 0.830. The molecule has 4 nitrogen and oxygen atoms in total. The molecule has 0 radical (unpaired) electrons. The highest BCUT2D eigenvalue weighted by Gasteiger charge is 2.32. The third-order valence-corrected chi connectivity index (χ3v) is 4.99. The van der Waals surface area contributed by atoms with Gasteiger partial charge in [-0.25, -0.2) is 14.2 Å². The van der Waals surface area contributed by atoms with Crippen molar-refractivity contribution in [2.45, 2.75) is 16.2 Å². The van der Waals surface area contributed by atoms with Crippen LogP contribution in [0.1, 0.15) is 11.1 Å². The first-order chi connectivity index (χ1) is 12.7. The number of carboxylic acids is 1. The van der Waals surface area contributed by atoms with Crippen molar-refractivity contribution in [2.24, 2.45) is 7.05 Å². The average Bonchev–Trinajstić information content (AvgIpc) is 2.86. The fourth-order valence-corrected chi connectivity index (χ4v) is 3.55. The Labute approximate surface area is 155 Å². The van der Waals surface area contributed by atoms with Gasteiger partial charge in [-0.05, 0) is 30.0 Å². The molecule has 0 unspecified atom stereocenters. The molecule has 0 amide bonds. The van der Waals surface area contributed by atoms with Gasteiger partial charge in [-0.3, -0.25) is 0 Å². The van der Waals surface area contributed by atoms with Crippen molar-refractivity contribution >= 4 is 34.7 Å². The number of carbonyl (C=O) groups is 1. The number of hydrogen-bond donors (Lipinski definition) is 1. The lowest BCUT2D eigenvalue weighted by Crippen LogP contribution is -2.06. The summed E-state index contributed by atoms with van der Waals surface area (Å²) in [5.41, 5.74) is 0.103. The van der Waals surface area contributed by atoms with E-state index in [1.165, 1.54) is 6.08 Å². The molecule has 0 bridgehead atoms. The van der Waals surface area contributed by atoms with Crippen molar-refractivity contribution in [3.05, 3.63) is 59.5 Å². The highest BCUT2D eigenvalue weighted by Crippen LogP contribution is 2.38. The van der Waals surface area contributed by atoms with Gasteiger partial charge < -0.3 is 9.67 Å². The van der Waals surface area contributed by atoms with Crippen LogP contribution >= 0.6 is 11.8 Å². The molecule has 0 aliphatic carbocycles. The van der Waals surface area contributed by atoms with Crippen LogP contribution in [0.3, 0.4) is 0 Å². The van der Waals surface area contributed by atoms with Crippen LogP contribution < -0.4 is 0 Å². The van der Waals surface area contributed by atoms with E-state index in [1.54, 1.807) is 35.9 Å². The summed E-state index contributed by atoms with van der Waals surface area (Å²) in [6.07, 6.45) is -1.80. The summed E-state index contributed by atoms with van der Waals surface area (Å²) in [5, 5.41) is 9.86. The van der Waals surface area contributed by atoms with Gasteiger partial charge in [-0.2, -0.15) is 13.2 Å². The topological polar surface area (TPSA) is 55.1 Å². The van der Waals surface area contributed by atoms with Gasteiger partial charge >= 0.3 is 12.1 Å². The molecule has 0 saturated carbocycles. The van der Waals surface area contributed by atoms with Gasteiger partial charge in [0, 0.05) is 35.8 Å². The molecule has 0 aliphatic rings. The normalized spacial score (nSPS) is 12.2. The van der Waals surface area contributed by atoms with Crippen molar-refractivity contribution < 1.29 is 27.5 Å². The molecule has 3 aromatic rings. The Hall–Kier alpha value is -2.81. The Morgan fingerprint density at radius 2 is 2.00 bits per heavy atom. The van der Waals surface area contributed by atoms with Gasteiger partial charge in [0.1, 0.15) is 5.03 Å². The number of aromatic nitrogens is 2. The van der Waals surface area contributed by atoms with Gasteiger partial charge in [-0.15, -0.1) is 0 Å². The Balaban J connectivity index is 2.11.